The van der Waals surface area contributed by atoms with E-state index in [1.807, 2.05) is 19.9 Å². The van der Waals surface area contributed by atoms with Crippen LogP contribution in [0.2, 0.25) is 0 Å². The summed E-state index contributed by atoms with van der Waals surface area (Å²) in [5.41, 5.74) is 0.918. The molecule has 0 unspecified atom stereocenters. The van der Waals surface area contributed by atoms with E-state index in [4.69, 9.17) is 10.4 Å². The molecule has 0 spiro atoms. The molecule has 5 nitrogen and oxygen atoms in total. The summed E-state index contributed by atoms with van der Waals surface area (Å²) in [7, 11) is 0. The summed E-state index contributed by atoms with van der Waals surface area (Å²) >= 11 is 0. The third kappa shape index (κ3) is 4.08. The van der Waals surface area contributed by atoms with E-state index in [-0.39, 0.29) is 25.0 Å². The maximum atomic E-state index is 12.5. The van der Waals surface area contributed by atoms with Gasteiger partial charge in [-0.25, -0.2) is 0 Å². The summed E-state index contributed by atoms with van der Waals surface area (Å²) in [5, 5.41) is 17.4. The molecular weight excluding hydrogens is 254 g/mol. The number of aliphatic hydroxyl groups is 1. The lowest BCUT2D eigenvalue weighted by molar-refractivity contribution is 0.0710. The predicted molar refractivity (Wildman–Crippen MR) is 74.6 cm³/mol. The Morgan fingerprint density at radius 3 is 2.90 bits per heavy atom. The van der Waals surface area contributed by atoms with Crippen molar-refractivity contribution in [2.24, 2.45) is 0 Å². The van der Waals surface area contributed by atoms with Gasteiger partial charge in [-0.1, -0.05) is 11.8 Å². The van der Waals surface area contributed by atoms with Crippen LogP contribution in [0.1, 0.15) is 36.2 Å². The highest BCUT2D eigenvalue weighted by Crippen LogP contribution is 2.12. The number of hydrogen-bond acceptors (Lipinski definition) is 4. The van der Waals surface area contributed by atoms with Crippen LogP contribution < -0.4 is 0 Å². The van der Waals surface area contributed by atoms with E-state index < -0.39 is 0 Å². The molecule has 0 radical (unpaired) electrons. The molecule has 0 fully saturated rings. The summed E-state index contributed by atoms with van der Waals surface area (Å²) in [4.78, 5) is 18.1. The zero-order chi connectivity index (χ0) is 15.0. The first-order valence-electron chi connectivity index (χ1n) is 6.33. The van der Waals surface area contributed by atoms with Gasteiger partial charge in [0, 0.05) is 25.0 Å². The molecule has 0 atom stereocenters. The number of rotatable bonds is 4. The van der Waals surface area contributed by atoms with Gasteiger partial charge in [0.1, 0.15) is 6.61 Å². The average Bonchev–Trinajstić information content (AvgIpc) is 2.45. The maximum absolute atomic E-state index is 12.5. The molecule has 20 heavy (non-hydrogen) atoms. The molecule has 1 aromatic heterocycles. The molecule has 5 heteroatoms. The first-order valence-corrected chi connectivity index (χ1v) is 6.33. The molecular formula is C15H17N3O2. The van der Waals surface area contributed by atoms with Crippen molar-refractivity contribution >= 4 is 5.91 Å². The van der Waals surface area contributed by atoms with Crippen molar-refractivity contribution in [3.8, 4) is 17.9 Å². The number of nitrogens with zero attached hydrogens (tertiary/aromatic N) is 3. The Morgan fingerprint density at radius 1 is 1.55 bits per heavy atom. The van der Waals surface area contributed by atoms with Gasteiger partial charge in [-0.3, -0.25) is 9.78 Å². The standard InChI is InChI=1S/C15H17N3O2/c1-12(2)18(9-4-7-16)15(20)14-6-8-17-11-13(14)5-3-10-19/h6,8,11-12,19H,4,9-10H2,1-2H3. The zero-order valence-corrected chi connectivity index (χ0v) is 11.6. The van der Waals surface area contributed by atoms with Crippen LogP contribution in [0.25, 0.3) is 0 Å². The Bertz CT molecular complexity index is 564. The van der Waals surface area contributed by atoms with Crippen LogP contribution in [-0.4, -0.2) is 40.1 Å². The topological polar surface area (TPSA) is 77.2 Å². The van der Waals surface area contributed by atoms with Crippen LogP contribution >= 0.6 is 0 Å². The van der Waals surface area contributed by atoms with E-state index >= 15 is 0 Å². The molecule has 1 amide bonds. The fraction of sp³-hybridized carbons (Fsp3) is 0.400. The summed E-state index contributed by atoms with van der Waals surface area (Å²) < 4.78 is 0. The van der Waals surface area contributed by atoms with Gasteiger partial charge < -0.3 is 10.0 Å². The van der Waals surface area contributed by atoms with E-state index in [9.17, 15) is 4.79 Å². The van der Waals surface area contributed by atoms with Crippen LogP contribution in [0.15, 0.2) is 18.5 Å². The SMILES string of the molecule is CC(C)N(CCC#N)C(=O)c1ccncc1C#CCO. The van der Waals surface area contributed by atoms with E-state index in [1.165, 1.54) is 12.4 Å². The number of pyridine rings is 1. The number of carbonyl (C=O) groups is 1. The Hall–Kier alpha value is -2.37. The summed E-state index contributed by atoms with van der Waals surface area (Å²) in [6.45, 7) is 3.90. The number of aliphatic hydroxyl groups excluding tert-OH is 1. The van der Waals surface area contributed by atoms with Gasteiger partial charge in [-0.05, 0) is 19.9 Å². The minimum atomic E-state index is -0.273. The summed E-state index contributed by atoms with van der Waals surface area (Å²) in [6.07, 6.45) is 3.31. The van der Waals surface area contributed by atoms with Crippen LogP contribution in [-0.2, 0) is 0 Å². The lowest BCUT2D eigenvalue weighted by Crippen LogP contribution is -2.38. The van der Waals surface area contributed by atoms with Crippen LogP contribution in [0.5, 0.6) is 0 Å². The number of hydrogen-bond donors (Lipinski definition) is 1. The monoisotopic (exact) mass is 271 g/mol. The van der Waals surface area contributed by atoms with Crippen molar-refractivity contribution in [1.29, 1.82) is 5.26 Å². The number of aromatic nitrogens is 1. The molecule has 1 heterocycles. The van der Waals surface area contributed by atoms with E-state index in [2.05, 4.69) is 16.8 Å². The molecule has 104 valence electrons. The van der Waals surface area contributed by atoms with Gasteiger partial charge in [0.15, 0.2) is 0 Å². The van der Waals surface area contributed by atoms with Crippen molar-refractivity contribution in [2.45, 2.75) is 26.3 Å². The molecule has 0 aliphatic carbocycles. The molecule has 0 saturated carbocycles. The van der Waals surface area contributed by atoms with Gasteiger partial charge in [-0.2, -0.15) is 5.26 Å². The fourth-order valence-electron chi connectivity index (χ4n) is 1.73. The molecule has 0 aliphatic heterocycles. The molecule has 0 saturated heterocycles. The van der Waals surface area contributed by atoms with E-state index in [0.29, 0.717) is 17.7 Å². The Morgan fingerprint density at radius 2 is 2.30 bits per heavy atom. The first-order chi connectivity index (χ1) is 9.61. The van der Waals surface area contributed by atoms with Crippen LogP contribution in [0.4, 0.5) is 0 Å². The Labute approximate surface area is 118 Å². The van der Waals surface area contributed by atoms with Crippen molar-refractivity contribution in [3.63, 3.8) is 0 Å². The second-order valence-corrected chi connectivity index (χ2v) is 4.38. The maximum Gasteiger partial charge on any atom is 0.255 e. The number of nitriles is 1. The minimum Gasteiger partial charge on any atom is -0.384 e. The minimum absolute atomic E-state index is 0.0114. The van der Waals surface area contributed by atoms with Gasteiger partial charge in [0.05, 0.1) is 23.6 Å². The van der Waals surface area contributed by atoms with Crippen molar-refractivity contribution in [3.05, 3.63) is 29.6 Å². The molecule has 1 rings (SSSR count). The number of carbonyl (C=O) groups excluding carboxylic acids is 1. The largest absolute Gasteiger partial charge is 0.384 e. The molecule has 1 aromatic rings. The van der Waals surface area contributed by atoms with Crippen molar-refractivity contribution in [2.75, 3.05) is 13.2 Å². The summed E-state index contributed by atoms with van der Waals surface area (Å²) in [5.74, 6) is 5.05. The predicted octanol–water partition coefficient (Wildman–Crippen LogP) is 1.19. The smallest absolute Gasteiger partial charge is 0.255 e. The van der Waals surface area contributed by atoms with Crippen LogP contribution in [0, 0.1) is 23.2 Å². The zero-order valence-electron chi connectivity index (χ0n) is 11.6. The van der Waals surface area contributed by atoms with Gasteiger partial charge in [0.2, 0.25) is 0 Å². The quantitative estimate of drug-likeness (QED) is 0.834. The highest BCUT2D eigenvalue weighted by molar-refractivity contribution is 5.96. The normalized spacial score (nSPS) is 9.55. The third-order valence-corrected chi connectivity index (χ3v) is 2.70. The lowest BCUT2D eigenvalue weighted by Gasteiger charge is -2.26. The van der Waals surface area contributed by atoms with Crippen molar-refractivity contribution < 1.29 is 9.90 Å². The highest BCUT2D eigenvalue weighted by Gasteiger charge is 2.20. The molecule has 1 N–H and O–H groups in total. The molecule has 0 aromatic carbocycles. The van der Waals surface area contributed by atoms with Crippen LogP contribution in [0.3, 0.4) is 0 Å². The first kappa shape index (κ1) is 15.7. The van der Waals surface area contributed by atoms with E-state index in [1.54, 1.807) is 11.0 Å². The summed E-state index contributed by atoms with van der Waals surface area (Å²) in [6, 6.07) is 3.63. The van der Waals surface area contributed by atoms with Gasteiger partial charge >= 0.3 is 0 Å². The Balaban J connectivity index is 3.09. The average molecular weight is 271 g/mol. The van der Waals surface area contributed by atoms with Gasteiger partial charge in [0.25, 0.3) is 5.91 Å². The van der Waals surface area contributed by atoms with Gasteiger partial charge in [-0.15, -0.1) is 0 Å². The molecule has 0 aliphatic rings. The van der Waals surface area contributed by atoms with Crippen molar-refractivity contribution in [1.82, 2.24) is 9.88 Å². The third-order valence-electron chi connectivity index (χ3n) is 2.70. The lowest BCUT2D eigenvalue weighted by atomic mass is 10.1. The second-order valence-electron chi connectivity index (χ2n) is 4.38. The highest BCUT2D eigenvalue weighted by atomic mass is 16.2. The second kappa shape index (κ2) is 7.93. The van der Waals surface area contributed by atoms with E-state index in [0.717, 1.165) is 0 Å². The molecule has 0 bridgehead atoms. The fourth-order valence-corrected chi connectivity index (χ4v) is 1.73. The number of amides is 1. The Kier molecular flexibility index (Phi) is 6.22.